The van der Waals surface area contributed by atoms with Crippen molar-refractivity contribution < 1.29 is 8.42 Å². The second-order valence-electron chi connectivity index (χ2n) is 4.41. The Hall–Kier alpha value is -0.130. The quantitative estimate of drug-likeness (QED) is 0.721. The summed E-state index contributed by atoms with van der Waals surface area (Å²) in [6.07, 6.45) is 2.61. The lowest BCUT2D eigenvalue weighted by atomic mass is 10.1. The van der Waals surface area contributed by atoms with Gasteiger partial charge in [-0.05, 0) is 33.4 Å². The SMILES string of the molecule is CCCS(=O)(=O)N1CCC(N(C)C)CC1. The van der Waals surface area contributed by atoms with Gasteiger partial charge in [0, 0.05) is 19.1 Å². The van der Waals surface area contributed by atoms with Gasteiger partial charge in [-0.1, -0.05) is 6.92 Å². The molecule has 1 rings (SSSR count). The number of hydrogen-bond acceptors (Lipinski definition) is 3. The van der Waals surface area contributed by atoms with Gasteiger partial charge >= 0.3 is 0 Å². The van der Waals surface area contributed by atoms with Crippen molar-refractivity contribution in [3.63, 3.8) is 0 Å². The van der Waals surface area contributed by atoms with Crippen molar-refractivity contribution in [1.29, 1.82) is 0 Å². The zero-order valence-corrected chi connectivity index (χ0v) is 10.8. The monoisotopic (exact) mass is 234 g/mol. The van der Waals surface area contributed by atoms with E-state index >= 15 is 0 Å². The van der Waals surface area contributed by atoms with Gasteiger partial charge in [0.05, 0.1) is 5.75 Å². The van der Waals surface area contributed by atoms with Crippen LogP contribution < -0.4 is 0 Å². The Bertz CT molecular complexity index is 280. The van der Waals surface area contributed by atoms with Crippen LogP contribution in [0.2, 0.25) is 0 Å². The van der Waals surface area contributed by atoms with Crippen LogP contribution in [0.4, 0.5) is 0 Å². The third-order valence-corrected chi connectivity index (χ3v) is 5.09. The van der Waals surface area contributed by atoms with E-state index in [4.69, 9.17) is 0 Å². The normalized spacial score (nSPS) is 21.1. The predicted molar refractivity (Wildman–Crippen MR) is 62.4 cm³/mol. The standard InChI is InChI=1S/C10H22N2O2S/c1-4-9-15(13,14)12-7-5-10(6-8-12)11(2)3/h10H,4-9H2,1-3H3. The summed E-state index contributed by atoms with van der Waals surface area (Å²) >= 11 is 0. The van der Waals surface area contributed by atoms with E-state index in [-0.39, 0.29) is 0 Å². The minimum atomic E-state index is -2.97. The fourth-order valence-electron chi connectivity index (χ4n) is 2.02. The van der Waals surface area contributed by atoms with Gasteiger partial charge in [-0.15, -0.1) is 0 Å². The van der Waals surface area contributed by atoms with Crippen molar-refractivity contribution in [3.05, 3.63) is 0 Å². The molecule has 0 aromatic heterocycles. The molecular weight excluding hydrogens is 212 g/mol. The van der Waals surface area contributed by atoms with Crippen molar-refractivity contribution in [1.82, 2.24) is 9.21 Å². The summed E-state index contributed by atoms with van der Waals surface area (Å²) in [5.41, 5.74) is 0. The molecule has 0 saturated carbocycles. The highest BCUT2D eigenvalue weighted by molar-refractivity contribution is 7.89. The molecule has 4 nitrogen and oxygen atoms in total. The molecule has 15 heavy (non-hydrogen) atoms. The van der Waals surface area contributed by atoms with Crippen molar-refractivity contribution in [2.45, 2.75) is 32.2 Å². The summed E-state index contributed by atoms with van der Waals surface area (Å²) in [6.45, 7) is 3.28. The molecule has 0 unspecified atom stereocenters. The van der Waals surface area contributed by atoms with Crippen LogP contribution >= 0.6 is 0 Å². The molecule has 5 heteroatoms. The topological polar surface area (TPSA) is 40.6 Å². The molecular formula is C10H22N2O2S. The van der Waals surface area contributed by atoms with Crippen LogP contribution in [0.1, 0.15) is 26.2 Å². The van der Waals surface area contributed by atoms with Gasteiger partial charge in [0.2, 0.25) is 10.0 Å². The highest BCUT2D eigenvalue weighted by atomic mass is 32.2. The molecule has 0 bridgehead atoms. The van der Waals surface area contributed by atoms with E-state index < -0.39 is 10.0 Å². The maximum atomic E-state index is 11.8. The molecule has 0 aromatic rings. The van der Waals surface area contributed by atoms with Crippen LogP contribution in [0.25, 0.3) is 0 Å². The van der Waals surface area contributed by atoms with Gasteiger partial charge in [0.25, 0.3) is 0 Å². The number of sulfonamides is 1. The molecule has 90 valence electrons. The van der Waals surface area contributed by atoms with Gasteiger partial charge in [0.15, 0.2) is 0 Å². The summed E-state index contributed by atoms with van der Waals surface area (Å²) in [5.74, 6) is 0.291. The molecule has 1 aliphatic heterocycles. The molecule has 1 aliphatic rings. The average Bonchev–Trinajstić information content (AvgIpc) is 2.18. The first-order chi connectivity index (χ1) is 6.97. The van der Waals surface area contributed by atoms with Crippen LogP contribution in [-0.4, -0.2) is 56.6 Å². The maximum absolute atomic E-state index is 11.8. The smallest absolute Gasteiger partial charge is 0.214 e. The lowest BCUT2D eigenvalue weighted by Crippen LogP contribution is -2.45. The molecule has 0 aliphatic carbocycles. The van der Waals surface area contributed by atoms with Gasteiger partial charge < -0.3 is 4.90 Å². The summed E-state index contributed by atoms with van der Waals surface area (Å²) in [4.78, 5) is 2.18. The van der Waals surface area contributed by atoms with Gasteiger partial charge in [-0.2, -0.15) is 0 Å². The van der Waals surface area contributed by atoms with Crippen molar-refractivity contribution in [2.24, 2.45) is 0 Å². The van der Waals surface area contributed by atoms with Crippen LogP contribution in [0.5, 0.6) is 0 Å². The van der Waals surface area contributed by atoms with Crippen molar-refractivity contribution >= 4 is 10.0 Å². The second-order valence-corrected chi connectivity index (χ2v) is 6.50. The van der Waals surface area contributed by atoms with E-state index in [0.29, 0.717) is 31.3 Å². The highest BCUT2D eigenvalue weighted by Crippen LogP contribution is 2.17. The molecule has 1 saturated heterocycles. The van der Waals surface area contributed by atoms with Gasteiger partial charge in [0.1, 0.15) is 0 Å². The summed E-state index contributed by atoms with van der Waals surface area (Å²) in [6, 6.07) is 0.540. The largest absolute Gasteiger partial charge is 0.306 e. The van der Waals surface area contributed by atoms with E-state index in [1.807, 2.05) is 6.92 Å². The molecule has 0 spiro atoms. The molecule has 0 radical (unpaired) electrons. The molecule has 0 amide bonds. The van der Waals surface area contributed by atoms with Crippen molar-refractivity contribution in [3.8, 4) is 0 Å². The Balaban J connectivity index is 2.50. The Morgan fingerprint density at radius 2 is 1.80 bits per heavy atom. The Morgan fingerprint density at radius 1 is 1.27 bits per heavy atom. The Morgan fingerprint density at radius 3 is 2.20 bits per heavy atom. The lowest BCUT2D eigenvalue weighted by Gasteiger charge is -2.34. The van der Waals surface area contributed by atoms with Crippen molar-refractivity contribution in [2.75, 3.05) is 32.9 Å². The minimum absolute atomic E-state index is 0.291. The summed E-state index contributed by atoms with van der Waals surface area (Å²) in [7, 11) is 1.15. The zero-order chi connectivity index (χ0) is 11.5. The number of hydrogen-bond donors (Lipinski definition) is 0. The molecule has 0 atom stereocenters. The predicted octanol–water partition coefficient (Wildman–Crippen LogP) is 0.752. The number of rotatable bonds is 4. The molecule has 0 aromatic carbocycles. The Kier molecular flexibility index (Phi) is 4.55. The summed E-state index contributed by atoms with van der Waals surface area (Å²) < 4.78 is 25.2. The molecule has 1 fully saturated rings. The van der Waals surface area contributed by atoms with Crippen LogP contribution in [0, 0.1) is 0 Å². The molecule has 0 N–H and O–H groups in total. The van der Waals surface area contributed by atoms with E-state index in [0.717, 1.165) is 12.8 Å². The van der Waals surface area contributed by atoms with Crippen LogP contribution in [0.3, 0.4) is 0 Å². The van der Waals surface area contributed by atoms with E-state index in [9.17, 15) is 8.42 Å². The fourth-order valence-corrected chi connectivity index (χ4v) is 3.57. The average molecular weight is 234 g/mol. The van der Waals surface area contributed by atoms with Crippen LogP contribution in [0.15, 0.2) is 0 Å². The van der Waals surface area contributed by atoms with Crippen LogP contribution in [-0.2, 0) is 10.0 Å². The second kappa shape index (κ2) is 5.27. The first-order valence-electron chi connectivity index (χ1n) is 5.61. The third kappa shape index (κ3) is 3.43. The Labute approximate surface area is 93.3 Å². The van der Waals surface area contributed by atoms with Gasteiger partial charge in [-0.25, -0.2) is 12.7 Å². The van der Waals surface area contributed by atoms with E-state index in [1.54, 1.807) is 4.31 Å². The lowest BCUT2D eigenvalue weighted by molar-refractivity contribution is 0.196. The maximum Gasteiger partial charge on any atom is 0.214 e. The zero-order valence-electron chi connectivity index (χ0n) is 9.94. The van der Waals surface area contributed by atoms with Gasteiger partial charge in [-0.3, -0.25) is 0 Å². The third-order valence-electron chi connectivity index (χ3n) is 3.01. The highest BCUT2D eigenvalue weighted by Gasteiger charge is 2.27. The molecule has 1 heterocycles. The van der Waals surface area contributed by atoms with E-state index in [1.165, 1.54) is 0 Å². The first kappa shape index (κ1) is 12.9. The van der Waals surface area contributed by atoms with E-state index in [2.05, 4.69) is 19.0 Å². The first-order valence-corrected chi connectivity index (χ1v) is 7.22. The number of nitrogens with zero attached hydrogens (tertiary/aromatic N) is 2. The fraction of sp³-hybridized carbons (Fsp3) is 1.00. The minimum Gasteiger partial charge on any atom is -0.306 e. The number of piperidine rings is 1. The summed E-state index contributed by atoms with van der Waals surface area (Å²) in [5, 5.41) is 0.